The second-order valence-corrected chi connectivity index (χ2v) is 12.7. The molecule has 8 nitrogen and oxygen atoms in total. The Balaban J connectivity index is 2.12. The maximum atomic E-state index is 14.2. The van der Waals surface area contributed by atoms with E-state index in [1.165, 1.54) is 28.8 Å². The maximum absolute atomic E-state index is 14.2. The van der Waals surface area contributed by atoms with Crippen molar-refractivity contribution < 1.29 is 22.7 Å². The van der Waals surface area contributed by atoms with Crippen molar-refractivity contribution in [1.82, 2.24) is 10.2 Å². The van der Waals surface area contributed by atoms with Crippen molar-refractivity contribution in [3.8, 4) is 5.75 Å². The molecular formula is C30H35Cl2N3O5S2. The third-order valence-corrected chi connectivity index (χ3v) is 9.69. The molecule has 0 bridgehead atoms. The highest BCUT2D eigenvalue weighted by Crippen LogP contribution is 2.33. The van der Waals surface area contributed by atoms with Gasteiger partial charge in [-0.25, -0.2) is 8.42 Å². The van der Waals surface area contributed by atoms with Crippen LogP contribution in [0.1, 0.15) is 32.8 Å². The summed E-state index contributed by atoms with van der Waals surface area (Å²) in [5.41, 5.74) is 0.847. The molecule has 0 radical (unpaired) electrons. The Morgan fingerprint density at radius 3 is 2.26 bits per heavy atom. The van der Waals surface area contributed by atoms with E-state index in [4.69, 9.17) is 27.9 Å². The molecule has 0 heterocycles. The second-order valence-electron chi connectivity index (χ2n) is 9.18. The molecule has 0 saturated heterocycles. The second kappa shape index (κ2) is 15.5. The summed E-state index contributed by atoms with van der Waals surface area (Å²) in [6.07, 6.45) is 2.20. The highest BCUT2D eigenvalue weighted by Gasteiger charge is 2.34. The molecule has 1 N–H and O–H groups in total. The van der Waals surface area contributed by atoms with Crippen molar-refractivity contribution in [3.05, 3.63) is 82.3 Å². The van der Waals surface area contributed by atoms with Crippen LogP contribution in [0.2, 0.25) is 10.0 Å². The van der Waals surface area contributed by atoms with E-state index in [1.54, 1.807) is 75.4 Å². The van der Waals surface area contributed by atoms with E-state index >= 15 is 0 Å². The Morgan fingerprint density at radius 2 is 1.67 bits per heavy atom. The molecule has 1 atom stereocenters. The number of para-hydroxylation sites is 2. The molecule has 0 aliphatic heterocycles. The number of rotatable bonds is 14. The molecule has 0 fully saturated rings. The number of carbonyl (C=O) groups excluding carboxylic acids is 2. The third kappa shape index (κ3) is 8.12. The lowest BCUT2D eigenvalue weighted by molar-refractivity contribution is -0.140. The average Bonchev–Trinajstić information content (AvgIpc) is 2.98. The van der Waals surface area contributed by atoms with Crippen LogP contribution in [0.4, 0.5) is 5.69 Å². The topological polar surface area (TPSA) is 96.0 Å². The molecule has 42 heavy (non-hydrogen) atoms. The van der Waals surface area contributed by atoms with Crippen molar-refractivity contribution in [2.75, 3.05) is 30.3 Å². The van der Waals surface area contributed by atoms with Gasteiger partial charge in [0.25, 0.3) is 10.0 Å². The number of likely N-dealkylation sites (N-methyl/N-ethyl adjacent to an activating group) is 1. The zero-order chi connectivity index (χ0) is 30.9. The third-order valence-electron chi connectivity index (χ3n) is 6.43. The quantitative estimate of drug-likeness (QED) is 0.207. The number of hydrogen-bond acceptors (Lipinski definition) is 6. The monoisotopic (exact) mass is 651 g/mol. The number of hydrogen-bond donors (Lipinski definition) is 1. The van der Waals surface area contributed by atoms with Gasteiger partial charge in [-0.1, -0.05) is 48.3 Å². The van der Waals surface area contributed by atoms with Crippen LogP contribution in [0, 0.1) is 0 Å². The summed E-state index contributed by atoms with van der Waals surface area (Å²) < 4.78 is 35.1. The largest absolute Gasteiger partial charge is 0.492 e. The summed E-state index contributed by atoms with van der Waals surface area (Å²) in [5.74, 6) is -0.608. The summed E-state index contributed by atoms with van der Waals surface area (Å²) in [4.78, 5) is 29.6. The van der Waals surface area contributed by atoms with Crippen molar-refractivity contribution in [2.45, 2.75) is 49.6 Å². The van der Waals surface area contributed by atoms with Crippen molar-refractivity contribution in [3.63, 3.8) is 0 Å². The molecule has 3 aromatic rings. The van der Waals surface area contributed by atoms with Gasteiger partial charge in [0, 0.05) is 18.0 Å². The number of halogens is 2. The number of thioether (sulfide) groups is 1. The zero-order valence-corrected chi connectivity index (χ0v) is 27.1. The first kappa shape index (κ1) is 33.6. The van der Waals surface area contributed by atoms with Gasteiger partial charge < -0.3 is 15.0 Å². The minimum Gasteiger partial charge on any atom is -0.492 e. The van der Waals surface area contributed by atoms with Crippen molar-refractivity contribution in [1.29, 1.82) is 0 Å². The van der Waals surface area contributed by atoms with Gasteiger partial charge in [0.2, 0.25) is 11.8 Å². The molecule has 0 unspecified atom stereocenters. The SMILES string of the molecule is CCNC(=O)[C@@H](CC)N(Cc1ccc(Cl)c(Cl)c1)C(=O)CN(c1ccccc1OCC)S(=O)(=O)c1ccc(SC)cc1. The van der Waals surface area contributed by atoms with E-state index in [0.29, 0.717) is 40.9 Å². The molecule has 3 rings (SSSR count). The molecule has 0 aromatic heterocycles. The lowest BCUT2D eigenvalue weighted by Gasteiger charge is -2.33. The Hall–Kier alpha value is -2.92. The molecule has 0 spiro atoms. The van der Waals surface area contributed by atoms with Crippen LogP contribution < -0.4 is 14.4 Å². The van der Waals surface area contributed by atoms with Crippen LogP contribution in [0.3, 0.4) is 0 Å². The van der Waals surface area contributed by atoms with Gasteiger partial charge in [-0.05, 0) is 80.6 Å². The van der Waals surface area contributed by atoms with E-state index in [1.807, 2.05) is 6.26 Å². The summed E-state index contributed by atoms with van der Waals surface area (Å²) in [6.45, 7) is 5.47. The highest BCUT2D eigenvalue weighted by atomic mass is 35.5. The predicted octanol–water partition coefficient (Wildman–Crippen LogP) is 6.25. The summed E-state index contributed by atoms with van der Waals surface area (Å²) in [6, 6.07) is 17.2. The average molecular weight is 653 g/mol. The molecule has 0 aliphatic rings. The molecular weight excluding hydrogens is 617 g/mol. The van der Waals surface area contributed by atoms with Crippen LogP contribution in [-0.4, -0.2) is 57.1 Å². The standard InChI is InChI=1S/C30H35Cl2N3O5S2/c1-5-26(30(37)33-6-2)34(19-21-12-17-24(31)25(32)18-21)29(36)20-35(27-10-8-9-11-28(27)40-7-3)42(38,39)23-15-13-22(41-4)14-16-23/h8-18,26H,5-7,19-20H2,1-4H3,(H,33,37)/t26-/m1/s1. The molecule has 0 aliphatic carbocycles. The minimum atomic E-state index is -4.24. The fraction of sp³-hybridized carbons (Fsp3) is 0.333. The van der Waals surface area contributed by atoms with Gasteiger partial charge in [-0.3, -0.25) is 13.9 Å². The van der Waals surface area contributed by atoms with Gasteiger partial charge in [0.1, 0.15) is 18.3 Å². The van der Waals surface area contributed by atoms with E-state index in [-0.39, 0.29) is 23.0 Å². The predicted molar refractivity (Wildman–Crippen MR) is 170 cm³/mol. The fourth-order valence-electron chi connectivity index (χ4n) is 4.38. The Morgan fingerprint density at radius 1 is 0.976 bits per heavy atom. The molecule has 12 heteroatoms. The lowest BCUT2D eigenvalue weighted by Crippen LogP contribution is -2.52. The number of benzene rings is 3. The first-order valence-corrected chi connectivity index (χ1v) is 16.9. The molecule has 3 aromatic carbocycles. The number of nitrogens with one attached hydrogen (secondary N) is 1. The lowest BCUT2D eigenvalue weighted by atomic mass is 10.1. The maximum Gasteiger partial charge on any atom is 0.264 e. The van der Waals surface area contributed by atoms with E-state index < -0.39 is 28.5 Å². The van der Waals surface area contributed by atoms with Crippen LogP contribution in [-0.2, 0) is 26.2 Å². The minimum absolute atomic E-state index is 0.00871. The van der Waals surface area contributed by atoms with Gasteiger partial charge in [0.15, 0.2) is 0 Å². The normalized spacial score (nSPS) is 12.0. The van der Waals surface area contributed by atoms with Gasteiger partial charge in [0.05, 0.1) is 27.2 Å². The van der Waals surface area contributed by atoms with Crippen molar-refractivity contribution >= 4 is 62.5 Å². The van der Waals surface area contributed by atoms with Crippen LogP contribution in [0.5, 0.6) is 5.75 Å². The number of amides is 2. The van der Waals surface area contributed by atoms with E-state index in [2.05, 4.69) is 5.32 Å². The van der Waals surface area contributed by atoms with Crippen molar-refractivity contribution in [2.24, 2.45) is 0 Å². The van der Waals surface area contributed by atoms with Gasteiger partial charge in [-0.2, -0.15) is 0 Å². The Bertz CT molecular complexity index is 1490. The molecule has 0 saturated carbocycles. The first-order valence-electron chi connectivity index (χ1n) is 13.5. The highest BCUT2D eigenvalue weighted by molar-refractivity contribution is 7.98. The number of carbonyl (C=O) groups is 2. The van der Waals surface area contributed by atoms with Crippen LogP contribution >= 0.6 is 35.0 Å². The summed E-state index contributed by atoms with van der Waals surface area (Å²) in [7, 11) is -4.24. The van der Waals surface area contributed by atoms with Gasteiger partial charge >= 0.3 is 0 Å². The van der Waals surface area contributed by atoms with E-state index in [9.17, 15) is 18.0 Å². The Kier molecular flexibility index (Phi) is 12.4. The molecule has 226 valence electrons. The number of sulfonamides is 1. The van der Waals surface area contributed by atoms with Crippen LogP contribution in [0.15, 0.2) is 76.5 Å². The number of ether oxygens (including phenoxy) is 1. The fourth-order valence-corrected chi connectivity index (χ4v) is 6.53. The summed E-state index contributed by atoms with van der Waals surface area (Å²) in [5, 5.41) is 3.44. The number of anilines is 1. The molecule has 2 amide bonds. The smallest absolute Gasteiger partial charge is 0.264 e. The summed E-state index contributed by atoms with van der Waals surface area (Å²) >= 11 is 13.8. The van der Waals surface area contributed by atoms with E-state index in [0.717, 1.165) is 9.20 Å². The van der Waals surface area contributed by atoms with Crippen LogP contribution in [0.25, 0.3) is 0 Å². The Labute approximate surface area is 262 Å². The first-order chi connectivity index (χ1) is 20.1. The number of nitrogens with zero attached hydrogens (tertiary/aromatic N) is 2. The van der Waals surface area contributed by atoms with Gasteiger partial charge in [-0.15, -0.1) is 11.8 Å². The zero-order valence-electron chi connectivity index (χ0n) is 24.0.